The molecule has 0 unspecified atom stereocenters. The van der Waals surface area contributed by atoms with Crippen molar-refractivity contribution in [1.82, 2.24) is 4.90 Å². The third-order valence-electron chi connectivity index (χ3n) is 2.90. The lowest BCUT2D eigenvalue weighted by atomic mass is 10.1. The van der Waals surface area contributed by atoms with E-state index in [9.17, 15) is 14.9 Å². The first-order valence-electron chi connectivity index (χ1n) is 6.16. The number of hydrogen-bond acceptors (Lipinski definition) is 6. The van der Waals surface area contributed by atoms with E-state index in [1.165, 1.54) is 30.2 Å². The zero-order valence-electron chi connectivity index (χ0n) is 11.6. The summed E-state index contributed by atoms with van der Waals surface area (Å²) < 4.78 is 5.61. The Morgan fingerprint density at radius 2 is 2.27 bits per heavy atom. The average Bonchev–Trinajstić information content (AvgIpc) is 2.75. The number of thioether (sulfide) groups is 1. The molecule has 1 aliphatic rings. The summed E-state index contributed by atoms with van der Waals surface area (Å²) in [6.07, 6.45) is 3.13. The van der Waals surface area contributed by atoms with Crippen LogP contribution in [0.25, 0.3) is 6.08 Å². The van der Waals surface area contributed by atoms with Crippen molar-refractivity contribution in [1.29, 1.82) is 0 Å². The molecule has 1 aromatic carbocycles. The van der Waals surface area contributed by atoms with Crippen molar-refractivity contribution in [3.8, 4) is 5.75 Å². The Labute approximate surface area is 136 Å². The maximum atomic E-state index is 12.3. The quantitative estimate of drug-likeness (QED) is 0.271. The van der Waals surface area contributed by atoms with E-state index in [1.807, 2.05) is 0 Å². The fourth-order valence-electron chi connectivity index (χ4n) is 1.88. The van der Waals surface area contributed by atoms with Crippen molar-refractivity contribution < 1.29 is 14.5 Å². The monoisotopic (exact) mass is 336 g/mol. The van der Waals surface area contributed by atoms with Crippen LogP contribution in [-0.4, -0.2) is 33.7 Å². The van der Waals surface area contributed by atoms with Gasteiger partial charge in [0.1, 0.15) is 10.1 Å². The van der Waals surface area contributed by atoms with Gasteiger partial charge in [-0.15, -0.1) is 6.58 Å². The molecule has 6 nitrogen and oxygen atoms in total. The Bertz CT molecular complexity index is 700. The molecule has 8 heteroatoms. The first kappa shape index (κ1) is 16.2. The third-order valence-corrected chi connectivity index (χ3v) is 4.27. The van der Waals surface area contributed by atoms with Gasteiger partial charge in [0.25, 0.3) is 11.6 Å². The molecular formula is C14H12N2O4S2. The van der Waals surface area contributed by atoms with Crippen LogP contribution < -0.4 is 4.74 Å². The molecule has 0 aromatic heterocycles. The molecular weight excluding hydrogens is 324 g/mol. The predicted molar refractivity (Wildman–Crippen MR) is 89.7 cm³/mol. The zero-order valence-corrected chi connectivity index (χ0v) is 13.3. The first-order valence-corrected chi connectivity index (χ1v) is 7.39. The largest absolute Gasteiger partial charge is 0.496 e. The summed E-state index contributed by atoms with van der Waals surface area (Å²) >= 11 is 6.29. The van der Waals surface area contributed by atoms with E-state index in [0.717, 1.165) is 11.8 Å². The molecule has 2 rings (SSSR count). The molecule has 1 fully saturated rings. The molecule has 0 saturated carbocycles. The topological polar surface area (TPSA) is 72.7 Å². The van der Waals surface area contributed by atoms with Gasteiger partial charge in [0.2, 0.25) is 0 Å². The van der Waals surface area contributed by atoms with Gasteiger partial charge in [0.15, 0.2) is 0 Å². The van der Waals surface area contributed by atoms with E-state index in [2.05, 4.69) is 6.58 Å². The average molecular weight is 336 g/mol. The standard InChI is InChI=1S/C14H12N2O4S2/c1-3-6-15-13(17)12(22-14(15)21)8-9-7-10(16(18)19)4-5-11(9)20-2/h3-5,7-8H,1,6H2,2H3. The summed E-state index contributed by atoms with van der Waals surface area (Å²) in [4.78, 5) is 24.4. The van der Waals surface area contributed by atoms with Crippen molar-refractivity contribution in [2.24, 2.45) is 0 Å². The van der Waals surface area contributed by atoms with Crippen LogP contribution in [-0.2, 0) is 4.79 Å². The van der Waals surface area contributed by atoms with Gasteiger partial charge in [-0.2, -0.15) is 0 Å². The molecule has 22 heavy (non-hydrogen) atoms. The normalized spacial score (nSPS) is 16.2. The number of nitrogens with zero attached hydrogens (tertiary/aromatic N) is 2. The number of ether oxygens (including phenoxy) is 1. The van der Waals surface area contributed by atoms with Crippen molar-refractivity contribution in [2.75, 3.05) is 13.7 Å². The van der Waals surface area contributed by atoms with Crippen LogP contribution in [0, 0.1) is 10.1 Å². The molecule has 0 bridgehead atoms. The van der Waals surface area contributed by atoms with Gasteiger partial charge in [-0.1, -0.05) is 30.1 Å². The van der Waals surface area contributed by atoms with E-state index in [-0.39, 0.29) is 11.6 Å². The predicted octanol–water partition coefficient (Wildman–Crippen LogP) is 2.99. The summed E-state index contributed by atoms with van der Waals surface area (Å²) in [6.45, 7) is 3.91. The van der Waals surface area contributed by atoms with Gasteiger partial charge < -0.3 is 4.74 Å². The molecule has 1 saturated heterocycles. The molecule has 0 N–H and O–H groups in total. The Balaban J connectivity index is 2.42. The van der Waals surface area contributed by atoms with Crippen molar-refractivity contribution in [3.63, 3.8) is 0 Å². The maximum Gasteiger partial charge on any atom is 0.270 e. The van der Waals surface area contributed by atoms with Crippen LogP contribution in [0.15, 0.2) is 35.8 Å². The number of carbonyl (C=O) groups excluding carboxylic acids is 1. The van der Waals surface area contributed by atoms with E-state index in [1.54, 1.807) is 12.2 Å². The Hall–Kier alpha value is -2.19. The molecule has 1 aromatic rings. The highest BCUT2D eigenvalue weighted by Gasteiger charge is 2.31. The molecule has 1 heterocycles. The number of hydrogen-bond donors (Lipinski definition) is 0. The van der Waals surface area contributed by atoms with E-state index in [0.29, 0.717) is 27.1 Å². The number of benzene rings is 1. The van der Waals surface area contributed by atoms with Crippen molar-refractivity contribution in [2.45, 2.75) is 0 Å². The molecule has 114 valence electrons. The second kappa shape index (κ2) is 6.71. The summed E-state index contributed by atoms with van der Waals surface area (Å²) in [6, 6.07) is 4.20. The SMILES string of the molecule is C=CCN1C(=O)C(=Cc2cc([N+](=O)[O-])ccc2OC)SC1=S. The molecule has 0 aliphatic carbocycles. The lowest BCUT2D eigenvalue weighted by molar-refractivity contribution is -0.384. The molecule has 0 atom stereocenters. The highest BCUT2D eigenvalue weighted by Crippen LogP contribution is 2.35. The Kier molecular flexibility index (Phi) is 4.94. The highest BCUT2D eigenvalue weighted by molar-refractivity contribution is 8.26. The van der Waals surface area contributed by atoms with Crippen LogP contribution in [0.3, 0.4) is 0 Å². The fourth-order valence-corrected chi connectivity index (χ4v) is 3.14. The van der Waals surface area contributed by atoms with Gasteiger partial charge in [0.05, 0.1) is 16.9 Å². The Morgan fingerprint density at radius 3 is 2.86 bits per heavy atom. The van der Waals surface area contributed by atoms with Gasteiger partial charge in [0, 0.05) is 24.2 Å². The second-order valence-corrected chi connectivity index (χ2v) is 5.94. The fraction of sp³-hybridized carbons (Fsp3) is 0.143. The zero-order chi connectivity index (χ0) is 16.3. The van der Waals surface area contributed by atoms with E-state index in [4.69, 9.17) is 17.0 Å². The first-order chi connectivity index (χ1) is 10.5. The second-order valence-electron chi connectivity index (χ2n) is 4.26. The molecule has 0 radical (unpaired) electrons. The maximum absolute atomic E-state index is 12.3. The van der Waals surface area contributed by atoms with Crippen LogP contribution in [0.1, 0.15) is 5.56 Å². The van der Waals surface area contributed by atoms with Crippen molar-refractivity contribution >= 4 is 46.0 Å². The summed E-state index contributed by atoms with van der Waals surface area (Å²) in [5.41, 5.74) is 0.379. The summed E-state index contributed by atoms with van der Waals surface area (Å²) in [5, 5.41) is 10.9. The number of rotatable bonds is 5. The number of thiocarbonyl (C=S) groups is 1. The number of carbonyl (C=O) groups is 1. The summed E-state index contributed by atoms with van der Waals surface area (Å²) in [5.74, 6) is 0.197. The third kappa shape index (κ3) is 3.18. The minimum atomic E-state index is -0.500. The Morgan fingerprint density at radius 1 is 1.55 bits per heavy atom. The summed E-state index contributed by atoms with van der Waals surface area (Å²) in [7, 11) is 1.46. The van der Waals surface area contributed by atoms with Gasteiger partial charge in [-0.3, -0.25) is 19.8 Å². The number of amides is 1. The lowest BCUT2D eigenvalue weighted by Crippen LogP contribution is -2.27. The number of nitro benzene ring substituents is 1. The van der Waals surface area contributed by atoms with E-state index >= 15 is 0 Å². The molecule has 1 aliphatic heterocycles. The number of non-ortho nitro benzene ring substituents is 1. The van der Waals surface area contributed by atoms with Crippen LogP contribution in [0.4, 0.5) is 5.69 Å². The molecule has 1 amide bonds. The minimum Gasteiger partial charge on any atom is -0.496 e. The highest BCUT2D eigenvalue weighted by atomic mass is 32.2. The van der Waals surface area contributed by atoms with Crippen LogP contribution in [0.2, 0.25) is 0 Å². The lowest BCUT2D eigenvalue weighted by Gasteiger charge is -2.10. The smallest absolute Gasteiger partial charge is 0.270 e. The molecule has 0 spiro atoms. The van der Waals surface area contributed by atoms with Gasteiger partial charge in [-0.25, -0.2) is 0 Å². The number of methoxy groups -OCH3 is 1. The van der Waals surface area contributed by atoms with E-state index < -0.39 is 4.92 Å². The minimum absolute atomic E-state index is 0.0754. The van der Waals surface area contributed by atoms with Gasteiger partial charge >= 0.3 is 0 Å². The van der Waals surface area contributed by atoms with Gasteiger partial charge in [-0.05, 0) is 12.1 Å². The number of nitro groups is 1. The van der Waals surface area contributed by atoms with Crippen molar-refractivity contribution in [3.05, 3.63) is 51.4 Å². The van der Waals surface area contributed by atoms with Crippen LogP contribution in [0.5, 0.6) is 5.75 Å². The van der Waals surface area contributed by atoms with Crippen LogP contribution >= 0.6 is 24.0 Å².